The molecule has 132 valence electrons. The van der Waals surface area contributed by atoms with Gasteiger partial charge in [-0.3, -0.25) is 9.48 Å². The Morgan fingerprint density at radius 2 is 1.88 bits per heavy atom. The number of rotatable bonds is 5. The van der Waals surface area contributed by atoms with Gasteiger partial charge in [-0.25, -0.2) is 0 Å². The minimum atomic E-state index is 0.0643. The van der Waals surface area contributed by atoms with Crippen LogP contribution in [-0.2, 0) is 13.6 Å². The fraction of sp³-hybridized carbons (Fsp3) is 0.238. The van der Waals surface area contributed by atoms with E-state index in [-0.39, 0.29) is 5.91 Å². The Labute approximate surface area is 152 Å². The van der Waals surface area contributed by atoms with E-state index in [1.165, 1.54) is 10.9 Å². The summed E-state index contributed by atoms with van der Waals surface area (Å²) < 4.78 is 4.03. The lowest BCUT2D eigenvalue weighted by atomic mass is 10.1. The van der Waals surface area contributed by atoms with Gasteiger partial charge >= 0.3 is 0 Å². The highest BCUT2D eigenvalue weighted by Gasteiger charge is 2.16. The summed E-state index contributed by atoms with van der Waals surface area (Å²) in [6.45, 7) is 4.03. The van der Waals surface area contributed by atoms with E-state index in [9.17, 15) is 4.79 Å². The summed E-state index contributed by atoms with van der Waals surface area (Å²) in [7, 11) is 2.06. The van der Waals surface area contributed by atoms with Gasteiger partial charge in [0, 0.05) is 59.9 Å². The Morgan fingerprint density at radius 1 is 1.08 bits per heavy atom. The lowest BCUT2D eigenvalue weighted by Gasteiger charge is -2.21. The van der Waals surface area contributed by atoms with Crippen molar-refractivity contribution in [3.8, 4) is 0 Å². The van der Waals surface area contributed by atoms with E-state index in [0.29, 0.717) is 19.6 Å². The Balaban J connectivity index is 1.66. The van der Waals surface area contributed by atoms with Crippen LogP contribution in [0.4, 0.5) is 0 Å². The van der Waals surface area contributed by atoms with E-state index in [2.05, 4.69) is 28.8 Å². The zero-order chi connectivity index (χ0) is 18.1. The Hall–Kier alpha value is -3.08. The molecule has 5 heteroatoms. The summed E-state index contributed by atoms with van der Waals surface area (Å²) in [5.41, 5.74) is 3.05. The largest absolute Gasteiger partial charge is 0.344 e. The predicted octanol–water partition coefficient (Wildman–Crippen LogP) is 3.69. The van der Waals surface area contributed by atoms with E-state index in [1.54, 1.807) is 6.20 Å². The zero-order valence-electron chi connectivity index (χ0n) is 15.1. The monoisotopic (exact) mass is 346 g/mol. The number of fused-ring (bicyclic) bond motifs is 3. The first-order chi connectivity index (χ1) is 12.7. The van der Waals surface area contributed by atoms with E-state index in [4.69, 9.17) is 0 Å². The van der Waals surface area contributed by atoms with Crippen LogP contribution >= 0.6 is 0 Å². The second-order valence-corrected chi connectivity index (χ2v) is 6.46. The van der Waals surface area contributed by atoms with Crippen molar-refractivity contribution in [2.45, 2.75) is 13.5 Å². The minimum Gasteiger partial charge on any atom is -0.344 e. The molecule has 0 fully saturated rings. The third-order valence-corrected chi connectivity index (χ3v) is 4.99. The molecule has 0 atom stereocenters. The molecular weight excluding hydrogens is 324 g/mol. The molecule has 2 aromatic heterocycles. The van der Waals surface area contributed by atoms with Crippen molar-refractivity contribution >= 4 is 27.7 Å². The van der Waals surface area contributed by atoms with Gasteiger partial charge in [0.1, 0.15) is 0 Å². The number of hydrogen-bond donors (Lipinski definition) is 0. The first-order valence-electron chi connectivity index (χ1n) is 8.93. The van der Waals surface area contributed by atoms with Crippen molar-refractivity contribution in [2.75, 3.05) is 13.1 Å². The Bertz CT molecular complexity index is 1060. The van der Waals surface area contributed by atoms with E-state index in [0.717, 1.165) is 16.5 Å². The number of aromatic nitrogens is 3. The van der Waals surface area contributed by atoms with Crippen LogP contribution in [0, 0.1) is 0 Å². The molecule has 26 heavy (non-hydrogen) atoms. The number of benzene rings is 2. The first-order valence-corrected chi connectivity index (χ1v) is 8.93. The molecule has 0 saturated carbocycles. The molecule has 4 rings (SSSR count). The van der Waals surface area contributed by atoms with Crippen LogP contribution in [0.15, 0.2) is 60.9 Å². The van der Waals surface area contributed by atoms with Crippen LogP contribution < -0.4 is 0 Å². The molecule has 5 nitrogen and oxygen atoms in total. The molecule has 0 radical (unpaired) electrons. The molecular formula is C21H22N4O. The van der Waals surface area contributed by atoms with Gasteiger partial charge < -0.3 is 9.47 Å². The molecule has 0 bridgehead atoms. The molecule has 2 aromatic carbocycles. The van der Waals surface area contributed by atoms with Crippen molar-refractivity contribution in [1.82, 2.24) is 19.2 Å². The van der Waals surface area contributed by atoms with Gasteiger partial charge in [0.15, 0.2) is 0 Å². The van der Waals surface area contributed by atoms with Crippen LogP contribution in [0.25, 0.3) is 21.8 Å². The molecule has 4 aromatic rings. The molecule has 0 aliphatic rings. The lowest BCUT2D eigenvalue weighted by Crippen LogP contribution is -2.33. The number of likely N-dealkylation sites (N-methyl/N-ethyl adjacent to an activating group) is 1. The average Bonchev–Trinajstić information content (AvgIpc) is 3.29. The van der Waals surface area contributed by atoms with Crippen LogP contribution in [0.5, 0.6) is 0 Å². The highest BCUT2D eigenvalue weighted by atomic mass is 16.2. The van der Waals surface area contributed by atoms with Gasteiger partial charge in [0.25, 0.3) is 5.91 Å². The quantitative estimate of drug-likeness (QED) is 0.553. The van der Waals surface area contributed by atoms with Crippen molar-refractivity contribution in [3.05, 3.63) is 66.5 Å². The van der Waals surface area contributed by atoms with Crippen LogP contribution in [0.1, 0.15) is 17.3 Å². The van der Waals surface area contributed by atoms with Gasteiger partial charge in [-0.05, 0) is 37.3 Å². The standard InChI is InChI=1S/C21H22N4O/c1-3-24(13-14-25-12-6-11-22-25)21(26)16-9-10-20-18(15-16)17-7-4-5-8-19(17)23(20)2/h4-12,15H,3,13-14H2,1-2H3. The third kappa shape index (κ3) is 2.75. The van der Waals surface area contributed by atoms with Crippen molar-refractivity contribution < 1.29 is 4.79 Å². The molecule has 1 amide bonds. The zero-order valence-corrected chi connectivity index (χ0v) is 15.1. The minimum absolute atomic E-state index is 0.0643. The maximum Gasteiger partial charge on any atom is 0.253 e. The summed E-state index contributed by atoms with van der Waals surface area (Å²) in [5.74, 6) is 0.0643. The highest BCUT2D eigenvalue weighted by molar-refractivity contribution is 6.10. The first kappa shape index (κ1) is 16.4. The molecule has 2 heterocycles. The summed E-state index contributed by atoms with van der Waals surface area (Å²) in [4.78, 5) is 14.9. The topological polar surface area (TPSA) is 43.1 Å². The van der Waals surface area contributed by atoms with Crippen LogP contribution in [0.3, 0.4) is 0 Å². The Kier molecular flexibility index (Phi) is 4.21. The van der Waals surface area contributed by atoms with Crippen molar-refractivity contribution in [2.24, 2.45) is 7.05 Å². The van der Waals surface area contributed by atoms with Gasteiger partial charge in [-0.1, -0.05) is 18.2 Å². The maximum atomic E-state index is 13.0. The Morgan fingerprint density at radius 3 is 2.65 bits per heavy atom. The molecule has 0 N–H and O–H groups in total. The normalized spacial score (nSPS) is 11.3. The maximum absolute atomic E-state index is 13.0. The summed E-state index contributed by atoms with van der Waals surface area (Å²) in [5, 5.41) is 6.51. The molecule has 0 unspecified atom stereocenters. The van der Waals surface area contributed by atoms with E-state index < -0.39 is 0 Å². The highest BCUT2D eigenvalue weighted by Crippen LogP contribution is 2.29. The number of para-hydroxylation sites is 1. The second-order valence-electron chi connectivity index (χ2n) is 6.46. The number of carbonyl (C=O) groups is 1. The fourth-order valence-electron chi connectivity index (χ4n) is 3.54. The number of hydrogen-bond acceptors (Lipinski definition) is 2. The summed E-state index contributed by atoms with van der Waals surface area (Å²) in [6.07, 6.45) is 3.67. The van der Waals surface area contributed by atoms with Gasteiger partial charge in [-0.2, -0.15) is 5.10 Å². The van der Waals surface area contributed by atoms with Crippen LogP contribution in [-0.4, -0.2) is 38.2 Å². The van der Waals surface area contributed by atoms with Crippen molar-refractivity contribution in [1.29, 1.82) is 0 Å². The SMILES string of the molecule is CCN(CCn1cccn1)C(=O)c1ccc2c(c1)c1ccccc1n2C. The molecule has 0 aliphatic heterocycles. The predicted molar refractivity (Wildman–Crippen MR) is 104 cm³/mol. The molecule has 0 spiro atoms. The average molecular weight is 346 g/mol. The van der Waals surface area contributed by atoms with Crippen LogP contribution in [0.2, 0.25) is 0 Å². The second kappa shape index (κ2) is 6.67. The van der Waals surface area contributed by atoms with Gasteiger partial charge in [0.2, 0.25) is 0 Å². The van der Waals surface area contributed by atoms with Gasteiger partial charge in [0.05, 0.1) is 6.54 Å². The van der Waals surface area contributed by atoms with E-state index in [1.807, 2.05) is 59.1 Å². The number of carbonyl (C=O) groups excluding carboxylic acids is 1. The number of nitrogens with zero attached hydrogens (tertiary/aromatic N) is 4. The fourth-order valence-corrected chi connectivity index (χ4v) is 3.54. The summed E-state index contributed by atoms with van der Waals surface area (Å²) >= 11 is 0. The lowest BCUT2D eigenvalue weighted by molar-refractivity contribution is 0.0757. The van der Waals surface area contributed by atoms with E-state index >= 15 is 0 Å². The number of aryl methyl sites for hydroxylation is 1. The number of amides is 1. The molecule has 0 saturated heterocycles. The third-order valence-electron chi connectivity index (χ3n) is 4.99. The van der Waals surface area contributed by atoms with Gasteiger partial charge in [-0.15, -0.1) is 0 Å². The van der Waals surface area contributed by atoms with Crippen molar-refractivity contribution in [3.63, 3.8) is 0 Å². The smallest absolute Gasteiger partial charge is 0.253 e. The molecule has 0 aliphatic carbocycles. The summed E-state index contributed by atoms with van der Waals surface area (Å²) in [6, 6.07) is 16.2.